The number of H-pyrrole nitrogens is 1. The van der Waals surface area contributed by atoms with Crippen molar-refractivity contribution >= 4 is 23.8 Å². The maximum Gasteiger partial charge on any atom is 0.330 e. The molecule has 2 amide bonds. The molecule has 16 nitrogen and oxygen atoms in total. The smallest absolute Gasteiger partial charge is 0.330 e. The van der Waals surface area contributed by atoms with Gasteiger partial charge in [0.2, 0.25) is 11.8 Å². The van der Waals surface area contributed by atoms with Gasteiger partial charge in [-0.1, -0.05) is 0 Å². The average molecular weight is 485 g/mol. The van der Waals surface area contributed by atoms with Crippen LogP contribution >= 0.6 is 0 Å². The normalized spacial score (nSPS) is 23.8. The van der Waals surface area contributed by atoms with Crippen molar-refractivity contribution in [3.63, 3.8) is 0 Å². The molecule has 0 bridgehead atoms. The lowest BCUT2D eigenvalue weighted by molar-refractivity contribution is -0.149. The number of carboxylic acid groups (broad SMARTS) is 1. The number of aliphatic carboxylic acids is 1. The van der Waals surface area contributed by atoms with Crippen LogP contribution < -0.4 is 27.6 Å². The molecule has 1 aromatic rings. The summed E-state index contributed by atoms with van der Waals surface area (Å²) >= 11 is 0. The summed E-state index contributed by atoms with van der Waals surface area (Å²) in [6.07, 6.45) is -4.30. The van der Waals surface area contributed by atoms with E-state index in [1.54, 1.807) is 0 Å². The number of hydrogen-bond donors (Lipinski definition) is 7. The minimum absolute atomic E-state index is 0.450. The average Bonchev–Trinajstić information content (AvgIpc) is 3.07. The van der Waals surface area contributed by atoms with Crippen LogP contribution in [-0.2, 0) is 28.7 Å². The molecule has 0 spiro atoms. The van der Waals surface area contributed by atoms with Crippen molar-refractivity contribution < 1.29 is 44.0 Å². The molecule has 34 heavy (non-hydrogen) atoms. The van der Waals surface area contributed by atoms with E-state index >= 15 is 0 Å². The van der Waals surface area contributed by atoms with Gasteiger partial charge in [0.25, 0.3) is 5.56 Å². The third-order valence-corrected chi connectivity index (χ3v) is 4.70. The third kappa shape index (κ3) is 6.35. The number of carboxylic acids is 1. The Hall–Kier alpha value is -3.86. The second-order valence-corrected chi connectivity index (χ2v) is 7.02. The molecule has 1 aliphatic rings. The van der Waals surface area contributed by atoms with Crippen LogP contribution in [0, 0.1) is 0 Å². The maximum atomic E-state index is 12.3. The molecule has 0 saturated carbocycles. The Balaban J connectivity index is 2.07. The lowest BCUT2D eigenvalue weighted by Crippen LogP contribution is -2.58. The van der Waals surface area contributed by atoms with Crippen LogP contribution in [0.5, 0.6) is 0 Å². The number of nitrogens with one attached hydrogen (secondary N) is 3. The van der Waals surface area contributed by atoms with Gasteiger partial charge in [0.05, 0.1) is 7.11 Å². The molecule has 1 aromatic heterocycles. The standard InChI is InChI=1S/C18H23N5O11/c1-33-10(26)3-2-8(24)20-6-7(19)15(29)22-11(17(30)31)14-12(27)13(28)16(34-14)23-5-4-9(25)21-18(23)32/h2-5,7,11-14,16,27-28H,6,19H2,1H3,(H,20,24)(H,22,29)(H,30,31)(H,21,25,32)/b3-2+/t7-,11-,12-,13+,14+,16+/m0/s1. The Labute approximate surface area is 190 Å². The largest absolute Gasteiger partial charge is 0.480 e. The molecule has 0 aliphatic carbocycles. The number of rotatable bonds is 9. The van der Waals surface area contributed by atoms with Crippen LogP contribution in [-0.4, -0.2) is 92.7 Å². The van der Waals surface area contributed by atoms with Gasteiger partial charge in [-0.3, -0.25) is 23.9 Å². The number of carbonyl (C=O) groups is 4. The Morgan fingerprint density at radius 2 is 1.94 bits per heavy atom. The van der Waals surface area contributed by atoms with Gasteiger partial charge in [0.1, 0.15) is 24.4 Å². The molecule has 6 atom stereocenters. The summed E-state index contributed by atoms with van der Waals surface area (Å²) in [7, 11) is 1.11. The zero-order chi connectivity index (χ0) is 25.6. The van der Waals surface area contributed by atoms with Gasteiger partial charge in [-0.2, -0.15) is 0 Å². The number of nitrogens with zero attached hydrogens (tertiary/aromatic N) is 1. The van der Waals surface area contributed by atoms with Crippen LogP contribution in [0.2, 0.25) is 0 Å². The van der Waals surface area contributed by atoms with E-state index < -0.39 is 78.2 Å². The van der Waals surface area contributed by atoms with Crippen molar-refractivity contribution in [1.29, 1.82) is 0 Å². The van der Waals surface area contributed by atoms with Gasteiger partial charge < -0.3 is 41.2 Å². The summed E-state index contributed by atoms with van der Waals surface area (Å²) < 4.78 is 10.4. The Morgan fingerprint density at radius 1 is 1.26 bits per heavy atom. The zero-order valence-electron chi connectivity index (χ0n) is 17.6. The molecule has 0 radical (unpaired) electrons. The van der Waals surface area contributed by atoms with Crippen LogP contribution in [0.4, 0.5) is 0 Å². The van der Waals surface area contributed by atoms with E-state index in [-0.39, 0.29) is 0 Å². The summed E-state index contributed by atoms with van der Waals surface area (Å²) in [5.41, 5.74) is 3.92. The van der Waals surface area contributed by atoms with Crippen LogP contribution in [0.3, 0.4) is 0 Å². The topological polar surface area (TPSA) is 252 Å². The third-order valence-electron chi connectivity index (χ3n) is 4.70. The van der Waals surface area contributed by atoms with Gasteiger partial charge in [0.15, 0.2) is 12.3 Å². The highest BCUT2D eigenvalue weighted by Gasteiger charge is 2.50. The summed E-state index contributed by atoms with van der Waals surface area (Å²) in [5.74, 6) is -4.28. The molecule has 2 heterocycles. The second kappa shape index (κ2) is 11.3. The SMILES string of the molecule is COC(=O)/C=C/C(=O)NC[C@H](N)C(=O)N[C@H](C(=O)O)[C@H]1O[C@@H](n2ccc(=O)[nH]c2=O)[C@H](O)[C@@H]1O. The lowest BCUT2D eigenvalue weighted by atomic mass is 10.0. The lowest BCUT2D eigenvalue weighted by Gasteiger charge is -2.24. The first-order valence-corrected chi connectivity index (χ1v) is 9.62. The van der Waals surface area contributed by atoms with E-state index in [2.05, 4.69) is 10.1 Å². The minimum atomic E-state index is -1.92. The number of aliphatic hydroxyl groups is 2. The Bertz CT molecular complexity index is 1080. The molecule has 186 valence electrons. The number of nitrogens with two attached hydrogens (primary N) is 1. The number of ether oxygens (including phenoxy) is 2. The minimum Gasteiger partial charge on any atom is -0.480 e. The van der Waals surface area contributed by atoms with E-state index in [1.807, 2.05) is 10.3 Å². The molecule has 16 heteroatoms. The van der Waals surface area contributed by atoms with Crippen LogP contribution in [0.15, 0.2) is 34.0 Å². The van der Waals surface area contributed by atoms with Gasteiger partial charge in [-0.15, -0.1) is 0 Å². The van der Waals surface area contributed by atoms with Crippen LogP contribution in [0.25, 0.3) is 0 Å². The van der Waals surface area contributed by atoms with Gasteiger partial charge >= 0.3 is 17.6 Å². The monoisotopic (exact) mass is 485 g/mol. The quantitative estimate of drug-likeness (QED) is 0.128. The fraction of sp³-hybridized carbons (Fsp3) is 0.444. The predicted molar refractivity (Wildman–Crippen MR) is 109 cm³/mol. The fourth-order valence-electron chi connectivity index (χ4n) is 2.94. The molecule has 8 N–H and O–H groups in total. The van der Waals surface area contributed by atoms with E-state index in [4.69, 9.17) is 10.5 Å². The first-order valence-electron chi connectivity index (χ1n) is 9.62. The predicted octanol–water partition coefficient (Wildman–Crippen LogP) is -5.10. The van der Waals surface area contributed by atoms with Crippen molar-refractivity contribution in [2.24, 2.45) is 5.73 Å². The van der Waals surface area contributed by atoms with Gasteiger partial charge in [-0.25, -0.2) is 14.4 Å². The Kier molecular flexibility index (Phi) is 8.79. The Morgan fingerprint density at radius 3 is 2.53 bits per heavy atom. The number of aliphatic hydroxyl groups excluding tert-OH is 2. The summed E-state index contributed by atoms with van der Waals surface area (Å²) in [6, 6.07) is -2.42. The number of hydrogen-bond acceptors (Lipinski definition) is 11. The van der Waals surface area contributed by atoms with Crippen molar-refractivity contribution in [1.82, 2.24) is 20.2 Å². The van der Waals surface area contributed by atoms with Crippen LogP contribution in [0.1, 0.15) is 6.23 Å². The number of carbonyl (C=O) groups excluding carboxylic acids is 3. The molecule has 0 aromatic carbocycles. The van der Waals surface area contributed by atoms with Crippen molar-refractivity contribution in [2.45, 2.75) is 36.6 Å². The first kappa shape index (κ1) is 26.4. The molecule has 2 rings (SSSR count). The molecule has 1 aliphatic heterocycles. The van der Waals surface area contributed by atoms with Gasteiger partial charge in [-0.05, 0) is 0 Å². The van der Waals surface area contributed by atoms with Crippen molar-refractivity contribution in [2.75, 3.05) is 13.7 Å². The highest BCUT2D eigenvalue weighted by Crippen LogP contribution is 2.30. The summed E-state index contributed by atoms with van der Waals surface area (Å²) in [4.78, 5) is 71.7. The molecular formula is C18H23N5O11. The second-order valence-electron chi connectivity index (χ2n) is 7.02. The highest BCUT2D eigenvalue weighted by molar-refractivity contribution is 5.95. The molecule has 1 saturated heterocycles. The molecule has 1 fully saturated rings. The van der Waals surface area contributed by atoms with E-state index in [9.17, 15) is 44.1 Å². The number of amides is 2. The summed E-state index contributed by atoms with van der Waals surface area (Å²) in [6.45, 7) is -0.450. The van der Waals surface area contributed by atoms with Crippen molar-refractivity contribution in [3.8, 4) is 0 Å². The zero-order valence-corrected chi connectivity index (χ0v) is 17.6. The summed E-state index contributed by atoms with van der Waals surface area (Å²) in [5, 5.41) is 34.3. The maximum absolute atomic E-state index is 12.3. The van der Waals surface area contributed by atoms with E-state index in [0.29, 0.717) is 0 Å². The highest BCUT2D eigenvalue weighted by atomic mass is 16.6. The number of aromatic nitrogens is 2. The number of aromatic amines is 1. The first-order chi connectivity index (χ1) is 16.0. The van der Waals surface area contributed by atoms with E-state index in [0.717, 1.165) is 36.1 Å². The van der Waals surface area contributed by atoms with Crippen molar-refractivity contribution in [3.05, 3.63) is 45.3 Å². The number of esters is 1. The molecular weight excluding hydrogens is 462 g/mol. The molecule has 0 unspecified atom stereocenters. The fourth-order valence-corrected chi connectivity index (χ4v) is 2.94. The van der Waals surface area contributed by atoms with E-state index in [1.165, 1.54) is 0 Å². The van der Waals surface area contributed by atoms with Gasteiger partial charge in [0, 0.05) is 31.0 Å². The number of methoxy groups -OCH3 is 1.